The van der Waals surface area contributed by atoms with E-state index in [0.29, 0.717) is 6.54 Å². The lowest BCUT2D eigenvalue weighted by Gasteiger charge is -2.27. The molecule has 1 fully saturated rings. The third-order valence-electron chi connectivity index (χ3n) is 3.66. The summed E-state index contributed by atoms with van der Waals surface area (Å²) < 4.78 is 0. The second-order valence-corrected chi connectivity index (χ2v) is 5.77. The van der Waals surface area contributed by atoms with Crippen molar-refractivity contribution in [3.05, 3.63) is 21.9 Å². The third-order valence-corrected chi connectivity index (χ3v) is 4.57. The van der Waals surface area contributed by atoms with E-state index >= 15 is 0 Å². The van der Waals surface area contributed by atoms with Gasteiger partial charge in [-0.15, -0.1) is 11.3 Å². The van der Waals surface area contributed by atoms with Gasteiger partial charge in [-0.3, -0.25) is 4.90 Å². The summed E-state index contributed by atoms with van der Waals surface area (Å²) >= 11 is 1.82. The van der Waals surface area contributed by atoms with Crippen molar-refractivity contribution in [3.8, 4) is 11.8 Å². The van der Waals surface area contributed by atoms with Gasteiger partial charge in [-0.05, 0) is 30.8 Å². The lowest BCUT2D eigenvalue weighted by molar-refractivity contribution is 0.202. The maximum absolute atomic E-state index is 5.44. The summed E-state index contributed by atoms with van der Waals surface area (Å²) in [5, 5.41) is 2.14. The molecule has 1 aromatic heterocycles. The van der Waals surface area contributed by atoms with E-state index in [-0.39, 0.29) is 0 Å². The molecular formula is C15H22N2S. The Morgan fingerprint density at radius 3 is 2.89 bits per heavy atom. The normalized spacial score (nSPS) is 15.9. The molecule has 18 heavy (non-hydrogen) atoms. The van der Waals surface area contributed by atoms with Crippen LogP contribution in [0.15, 0.2) is 11.4 Å². The van der Waals surface area contributed by atoms with E-state index in [9.17, 15) is 0 Å². The quantitative estimate of drug-likeness (QED) is 0.846. The predicted molar refractivity (Wildman–Crippen MR) is 78.6 cm³/mol. The molecule has 1 heterocycles. The smallest absolute Gasteiger partial charge is 0.0555 e. The van der Waals surface area contributed by atoms with Crippen LogP contribution in [0, 0.1) is 11.8 Å². The van der Waals surface area contributed by atoms with Crippen LogP contribution in [0.3, 0.4) is 0 Å². The predicted octanol–water partition coefficient (Wildman–Crippen LogP) is 2.82. The molecule has 2 nitrogen and oxygen atoms in total. The fraction of sp³-hybridized carbons (Fsp3) is 0.600. The van der Waals surface area contributed by atoms with Crippen LogP contribution in [-0.4, -0.2) is 24.0 Å². The Balaban J connectivity index is 2.04. The molecule has 0 unspecified atom stereocenters. The molecule has 0 spiro atoms. The van der Waals surface area contributed by atoms with Crippen molar-refractivity contribution in [1.82, 2.24) is 4.90 Å². The number of hydrogen-bond acceptors (Lipinski definition) is 3. The third kappa shape index (κ3) is 3.35. The highest BCUT2D eigenvalue weighted by Crippen LogP contribution is 2.26. The summed E-state index contributed by atoms with van der Waals surface area (Å²) in [4.78, 5) is 4.00. The van der Waals surface area contributed by atoms with Crippen LogP contribution in [-0.2, 0) is 6.54 Å². The molecule has 3 heteroatoms. The number of rotatable bonds is 4. The molecule has 1 aliphatic carbocycles. The molecule has 0 amide bonds. The lowest BCUT2D eigenvalue weighted by atomic mass is 10.2. The molecule has 1 aliphatic rings. The monoisotopic (exact) mass is 262 g/mol. The molecule has 0 aromatic carbocycles. The van der Waals surface area contributed by atoms with Crippen LogP contribution < -0.4 is 5.73 Å². The number of nitrogens with two attached hydrogens (primary N) is 1. The summed E-state index contributed by atoms with van der Waals surface area (Å²) in [6, 6.07) is 2.90. The summed E-state index contributed by atoms with van der Waals surface area (Å²) in [6.07, 6.45) is 5.52. The van der Waals surface area contributed by atoms with Crippen LogP contribution >= 0.6 is 11.3 Å². The molecule has 1 saturated carbocycles. The Hall–Kier alpha value is -0.820. The van der Waals surface area contributed by atoms with Crippen molar-refractivity contribution in [1.29, 1.82) is 0 Å². The fourth-order valence-corrected chi connectivity index (χ4v) is 3.53. The highest BCUT2D eigenvalue weighted by molar-refractivity contribution is 7.10. The van der Waals surface area contributed by atoms with E-state index < -0.39 is 0 Å². The molecular weight excluding hydrogens is 240 g/mol. The molecule has 0 radical (unpaired) electrons. The average molecular weight is 262 g/mol. The maximum atomic E-state index is 5.44. The van der Waals surface area contributed by atoms with E-state index in [1.807, 2.05) is 11.3 Å². The lowest BCUT2D eigenvalue weighted by Crippen LogP contribution is -2.32. The standard InChI is InChI=1S/C15H22N2S/c1-2-17(14-7-3-4-8-14)12-15-13(6-5-10-16)9-11-18-15/h9,11,14H,2-4,7-8,10,12,16H2,1H3. The van der Waals surface area contributed by atoms with Gasteiger partial charge in [0.1, 0.15) is 0 Å². The van der Waals surface area contributed by atoms with Gasteiger partial charge >= 0.3 is 0 Å². The van der Waals surface area contributed by atoms with E-state index in [1.165, 1.54) is 36.1 Å². The van der Waals surface area contributed by atoms with Crippen LogP contribution in [0.25, 0.3) is 0 Å². The van der Waals surface area contributed by atoms with Gasteiger partial charge < -0.3 is 5.73 Å². The summed E-state index contributed by atoms with van der Waals surface area (Å²) in [5.74, 6) is 6.14. The second-order valence-electron chi connectivity index (χ2n) is 4.76. The number of hydrogen-bond donors (Lipinski definition) is 1. The topological polar surface area (TPSA) is 29.3 Å². The van der Waals surface area contributed by atoms with Gasteiger partial charge in [0, 0.05) is 23.0 Å². The minimum atomic E-state index is 0.440. The van der Waals surface area contributed by atoms with Gasteiger partial charge in [-0.2, -0.15) is 0 Å². The van der Waals surface area contributed by atoms with Crippen LogP contribution in [0.4, 0.5) is 0 Å². The Morgan fingerprint density at radius 1 is 1.44 bits per heavy atom. The van der Waals surface area contributed by atoms with Gasteiger partial charge in [0.05, 0.1) is 6.54 Å². The molecule has 2 rings (SSSR count). The molecule has 0 saturated heterocycles. The van der Waals surface area contributed by atoms with Gasteiger partial charge in [0.2, 0.25) is 0 Å². The zero-order valence-electron chi connectivity index (χ0n) is 11.1. The maximum Gasteiger partial charge on any atom is 0.0555 e. The molecule has 2 N–H and O–H groups in total. The molecule has 98 valence electrons. The van der Waals surface area contributed by atoms with Gasteiger partial charge in [0.15, 0.2) is 0 Å². The van der Waals surface area contributed by atoms with E-state index in [2.05, 4.69) is 35.1 Å². The summed E-state index contributed by atoms with van der Waals surface area (Å²) in [7, 11) is 0. The first-order chi connectivity index (χ1) is 8.85. The molecule has 0 atom stereocenters. The summed E-state index contributed by atoms with van der Waals surface area (Å²) in [6.45, 7) is 4.88. The van der Waals surface area contributed by atoms with Crippen LogP contribution in [0.5, 0.6) is 0 Å². The van der Waals surface area contributed by atoms with Crippen LogP contribution in [0.2, 0.25) is 0 Å². The SMILES string of the molecule is CCN(Cc1sccc1C#CCN)C1CCCC1. The first-order valence-electron chi connectivity index (χ1n) is 6.84. The van der Waals surface area contributed by atoms with E-state index in [4.69, 9.17) is 5.73 Å². The van der Waals surface area contributed by atoms with Crippen LogP contribution in [0.1, 0.15) is 43.0 Å². The fourth-order valence-electron chi connectivity index (χ4n) is 2.67. The molecule has 0 bridgehead atoms. The van der Waals surface area contributed by atoms with Gasteiger partial charge in [-0.25, -0.2) is 0 Å². The summed E-state index contributed by atoms with van der Waals surface area (Å²) in [5.41, 5.74) is 6.61. The Morgan fingerprint density at radius 2 is 2.22 bits per heavy atom. The zero-order valence-corrected chi connectivity index (χ0v) is 11.9. The van der Waals surface area contributed by atoms with E-state index in [1.54, 1.807) is 0 Å². The minimum Gasteiger partial charge on any atom is -0.320 e. The Labute approximate surface area is 114 Å². The first kappa shape index (κ1) is 13.6. The highest BCUT2D eigenvalue weighted by atomic mass is 32.1. The Bertz CT molecular complexity index is 421. The van der Waals surface area contributed by atoms with Crippen molar-refractivity contribution in [2.24, 2.45) is 5.73 Å². The van der Waals surface area contributed by atoms with Crippen molar-refractivity contribution in [2.45, 2.75) is 45.2 Å². The van der Waals surface area contributed by atoms with Gasteiger partial charge in [0.25, 0.3) is 0 Å². The largest absolute Gasteiger partial charge is 0.320 e. The first-order valence-corrected chi connectivity index (χ1v) is 7.72. The second kappa shape index (κ2) is 6.94. The van der Waals surface area contributed by atoms with Crippen molar-refractivity contribution >= 4 is 11.3 Å². The van der Waals surface area contributed by atoms with E-state index in [0.717, 1.165) is 19.1 Å². The number of thiophene rings is 1. The zero-order chi connectivity index (χ0) is 12.8. The average Bonchev–Trinajstić information content (AvgIpc) is 3.04. The van der Waals surface area contributed by atoms with Crippen molar-refractivity contribution in [2.75, 3.05) is 13.1 Å². The molecule has 1 aromatic rings. The van der Waals surface area contributed by atoms with Crippen molar-refractivity contribution in [3.63, 3.8) is 0 Å². The Kier molecular flexibility index (Phi) is 5.25. The minimum absolute atomic E-state index is 0.440. The van der Waals surface area contributed by atoms with Gasteiger partial charge in [-0.1, -0.05) is 31.6 Å². The molecule has 0 aliphatic heterocycles. The number of nitrogens with zero attached hydrogens (tertiary/aromatic N) is 1. The van der Waals surface area contributed by atoms with Crippen molar-refractivity contribution < 1.29 is 0 Å². The highest BCUT2D eigenvalue weighted by Gasteiger charge is 2.22.